The summed E-state index contributed by atoms with van der Waals surface area (Å²) in [6, 6.07) is 10.1. The lowest BCUT2D eigenvalue weighted by molar-refractivity contribution is -0.0221. The van der Waals surface area contributed by atoms with Gasteiger partial charge in [0.1, 0.15) is 11.5 Å². The fourth-order valence-electron chi connectivity index (χ4n) is 5.66. The van der Waals surface area contributed by atoms with Gasteiger partial charge in [0.15, 0.2) is 0 Å². The molecule has 2 saturated heterocycles. The van der Waals surface area contributed by atoms with Crippen LogP contribution in [0.5, 0.6) is 0 Å². The molecule has 3 fully saturated rings. The third-order valence-corrected chi connectivity index (χ3v) is 9.05. The number of benzene rings is 1. The molecule has 1 spiro atoms. The lowest BCUT2D eigenvalue weighted by Gasteiger charge is -2.35. The van der Waals surface area contributed by atoms with Crippen molar-refractivity contribution in [2.45, 2.75) is 51.4 Å². The zero-order valence-corrected chi connectivity index (χ0v) is 23.1. The maximum absolute atomic E-state index is 13.7. The number of aryl methyl sites for hydroxylation is 1. The SMILES string of the molecule is Cc1cc(-n2cc(-c3ccc(NSCCO)cc3N3CCC4(CC3)CC4)nn2)cc(N2CCC(F)(F)CC2)n1. The maximum atomic E-state index is 13.7. The minimum Gasteiger partial charge on any atom is -0.395 e. The molecular weight excluding hydrogens is 520 g/mol. The van der Waals surface area contributed by atoms with Crippen LogP contribution in [-0.2, 0) is 0 Å². The fraction of sp³-hybridized carbons (Fsp3) is 0.536. The fourth-order valence-corrected chi connectivity index (χ4v) is 6.14. The Morgan fingerprint density at radius 2 is 1.72 bits per heavy atom. The van der Waals surface area contributed by atoms with Gasteiger partial charge >= 0.3 is 0 Å². The van der Waals surface area contributed by atoms with E-state index in [1.807, 2.05) is 36.2 Å². The van der Waals surface area contributed by atoms with Gasteiger partial charge in [-0.15, -0.1) is 5.10 Å². The Morgan fingerprint density at radius 1 is 0.974 bits per heavy atom. The summed E-state index contributed by atoms with van der Waals surface area (Å²) in [6.07, 6.45) is 6.77. The summed E-state index contributed by atoms with van der Waals surface area (Å²) >= 11 is 1.49. The van der Waals surface area contributed by atoms with Crippen molar-refractivity contribution in [3.63, 3.8) is 0 Å². The largest absolute Gasteiger partial charge is 0.395 e. The van der Waals surface area contributed by atoms with Gasteiger partial charge < -0.3 is 19.6 Å². The number of aromatic nitrogens is 4. The molecule has 0 unspecified atom stereocenters. The zero-order chi connectivity index (χ0) is 27.0. The average Bonchev–Trinajstić information content (AvgIpc) is 3.49. The first-order valence-electron chi connectivity index (χ1n) is 13.8. The van der Waals surface area contributed by atoms with Gasteiger partial charge in [-0.3, -0.25) is 0 Å². The van der Waals surface area contributed by atoms with Crippen LogP contribution in [0.1, 0.15) is 44.2 Å². The number of halogens is 2. The predicted octanol–water partition coefficient (Wildman–Crippen LogP) is 5.31. The second-order valence-corrected chi connectivity index (χ2v) is 12.0. The lowest BCUT2D eigenvalue weighted by atomic mass is 9.93. The van der Waals surface area contributed by atoms with E-state index in [2.05, 4.69) is 37.1 Å². The molecule has 1 aromatic carbocycles. The van der Waals surface area contributed by atoms with Gasteiger partial charge in [0, 0.05) is 73.5 Å². The molecule has 6 rings (SSSR count). The van der Waals surface area contributed by atoms with Gasteiger partial charge in [-0.1, -0.05) is 17.2 Å². The molecule has 1 aliphatic carbocycles. The molecule has 0 bridgehead atoms. The molecule has 3 aliphatic rings. The van der Waals surface area contributed by atoms with Crippen molar-refractivity contribution in [2.75, 3.05) is 53.1 Å². The van der Waals surface area contributed by atoms with Crippen molar-refractivity contribution < 1.29 is 13.9 Å². The normalized spacial score (nSPS) is 19.9. The van der Waals surface area contributed by atoms with E-state index in [9.17, 15) is 8.78 Å². The Kier molecular flexibility index (Phi) is 7.13. The molecule has 1 saturated carbocycles. The molecule has 8 nitrogen and oxygen atoms in total. The van der Waals surface area contributed by atoms with Crippen LogP contribution in [0.3, 0.4) is 0 Å². The van der Waals surface area contributed by atoms with Gasteiger partial charge in [-0.25, -0.2) is 18.4 Å². The van der Waals surface area contributed by atoms with Gasteiger partial charge in [-0.05, 0) is 62.3 Å². The van der Waals surface area contributed by atoms with Crippen LogP contribution in [0.15, 0.2) is 36.5 Å². The molecule has 39 heavy (non-hydrogen) atoms. The number of nitrogens with one attached hydrogen (secondary N) is 1. The Morgan fingerprint density at radius 3 is 2.44 bits per heavy atom. The molecule has 11 heteroatoms. The van der Waals surface area contributed by atoms with Crippen molar-refractivity contribution >= 4 is 29.1 Å². The molecule has 2 aliphatic heterocycles. The number of hydrogen-bond donors (Lipinski definition) is 2. The minimum absolute atomic E-state index is 0.125. The lowest BCUT2D eigenvalue weighted by Crippen LogP contribution is -2.39. The van der Waals surface area contributed by atoms with E-state index in [4.69, 9.17) is 5.11 Å². The Labute approximate surface area is 231 Å². The van der Waals surface area contributed by atoms with Crippen LogP contribution in [0.2, 0.25) is 0 Å². The van der Waals surface area contributed by atoms with Crippen molar-refractivity contribution in [1.82, 2.24) is 20.0 Å². The molecule has 2 aromatic heterocycles. The van der Waals surface area contributed by atoms with Gasteiger partial charge in [0.05, 0.1) is 18.5 Å². The second kappa shape index (κ2) is 10.6. The number of aliphatic hydroxyl groups is 1. The van der Waals surface area contributed by atoms with E-state index in [0.717, 1.165) is 47.1 Å². The van der Waals surface area contributed by atoms with Gasteiger partial charge in [0.25, 0.3) is 5.92 Å². The third kappa shape index (κ3) is 5.84. The van der Waals surface area contributed by atoms with E-state index in [1.165, 1.54) is 37.6 Å². The van der Waals surface area contributed by atoms with Gasteiger partial charge in [-0.2, -0.15) is 0 Å². The topological polar surface area (TPSA) is 82.3 Å². The highest BCUT2D eigenvalue weighted by Gasteiger charge is 2.44. The van der Waals surface area contributed by atoms with E-state index >= 15 is 0 Å². The number of rotatable bonds is 8. The van der Waals surface area contributed by atoms with Crippen molar-refractivity contribution in [2.24, 2.45) is 5.41 Å². The quantitative estimate of drug-likeness (QED) is 0.286. The van der Waals surface area contributed by atoms with Gasteiger partial charge in [0.2, 0.25) is 0 Å². The smallest absolute Gasteiger partial charge is 0.251 e. The summed E-state index contributed by atoms with van der Waals surface area (Å²) in [5.41, 5.74) is 6.11. The molecular formula is C28H35F2N7OS. The highest BCUT2D eigenvalue weighted by molar-refractivity contribution is 8.00. The highest BCUT2D eigenvalue weighted by atomic mass is 32.2. The van der Waals surface area contributed by atoms with Crippen molar-refractivity contribution in [1.29, 1.82) is 0 Å². The zero-order valence-electron chi connectivity index (χ0n) is 22.2. The van der Waals surface area contributed by atoms with Crippen molar-refractivity contribution in [3.05, 3.63) is 42.2 Å². The number of anilines is 3. The molecule has 0 radical (unpaired) electrons. The molecule has 4 heterocycles. The number of aliphatic hydroxyl groups excluding tert-OH is 1. The molecule has 0 amide bonds. The number of nitrogens with zero attached hydrogens (tertiary/aromatic N) is 6. The second-order valence-electron chi connectivity index (χ2n) is 11.1. The number of hydrogen-bond acceptors (Lipinski definition) is 8. The first-order chi connectivity index (χ1) is 18.8. The number of piperidine rings is 2. The summed E-state index contributed by atoms with van der Waals surface area (Å²) in [4.78, 5) is 9.00. The standard InChI is InChI=1S/C28H35F2N7OS/c1-20-16-22(18-26(31-20)36-12-8-28(29,30)9-13-36)37-19-24(32-34-37)23-3-2-21(33-39-15-14-38)17-25(23)35-10-6-27(4-5-27)7-11-35/h2-3,16-19,33,38H,4-15H2,1H3. The van der Waals surface area contributed by atoms with Crippen LogP contribution in [0.4, 0.5) is 26.0 Å². The summed E-state index contributed by atoms with van der Waals surface area (Å²) in [5.74, 6) is -1.29. The average molecular weight is 556 g/mol. The minimum atomic E-state index is -2.60. The van der Waals surface area contributed by atoms with E-state index in [0.29, 0.717) is 17.0 Å². The Balaban J connectivity index is 1.27. The number of alkyl halides is 2. The third-order valence-electron chi connectivity index (χ3n) is 8.28. The van der Waals surface area contributed by atoms with E-state index < -0.39 is 5.92 Å². The van der Waals surface area contributed by atoms with Crippen molar-refractivity contribution in [3.8, 4) is 16.9 Å². The molecule has 3 aromatic rings. The van der Waals surface area contributed by atoms with Crippen LogP contribution >= 0.6 is 11.9 Å². The summed E-state index contributed by atoms with van der Waals surface area (Å²) in [5, 5.41) is 18.2. The van der Waals surface area contributed by atoms with Crippen LogP contribution in [0.25, 0.3) is 16.9 Å². The molecule has 0 atom stereocenters. The predicted molar refractivity (Wildman–Crippen MR) is 152 cm³/mol. The Bertz CT molecular complexity index is 1310. The van der Waals surface area contributed by atoms with E-state index in [1.54, 1.807) is 4.68 Å². The van der Waals surface area contributed by atoms with Crippen LogP contribution in [-0.4, -0.2) is 69.5 Å². The molecule has 2 N–H and O–H groups in total. The van der Waals surface area contributed by atoms with Crippen LogP contribution < -0.4 is 14.5 Å². The number of pyridine rings is 1. The monoisotopic (exact) mass is 555 g/mol. The highest BCUT2D eigenvalue weighted by Crippen LogP contribution is 2.54. The summed E-state index contributed by atoms with van der Waals surface area (Å²) < 4.78 is 32.5. The first kappa shape index (κ1) is 26.3. The summed E-state index contributed by atoms with van der Waals surface area (Å²) in [7, 11) is 0. The summed E-state index contributed by atoms with van der Waals surface area (Å²) in [6.45, 7) is 4.64. The first-order valence-corrected chi connectivity index (χ1v) is 14.7. The Hall–Kier alpha value is -2.92. The maximum Gasteiger partial charge on any atom is 0.251 e. The molecule has 208 valence electrons. The van der Waals surface area contributed by atoms with E-state index in [-0.39, 0.29) is 32.5 Å². The van der Waals surface area contributed by atoms with Crippen LogP contribution in [0, 0.1) is 12.3 Å².